The van der Waals surface area contributed by atoms with Gasteiger partial charge in [-0.2, -0.15) is 0 Å². The topological polar surface area (TPSA) is 99.4 Å². The molecular formula is C15H6N2O5. The van der Waals surface area contributed by atoms with Crippen LogP contribution in [0.15, 0.2) is 36.7 Å². The van der Waals surface area contributed by atoms with Crippen molar-refractivity contribution in [3.05, 3.63) is 57.9 Å². The lowest BCUT2D eigenvalue weighted by Gasteiger charge is -2.16. The number of esters is 2. The van der Waals surface area contributed by atoms with E-state index in [2.05, 4.69) is 9.72 Å². The monoisotopic (exact) mass is 294 g/mol. The van der Waals surface area contributed by atoms with Crippen LogP contribution >= 0.6 is 0 Å². The molecule has 0 fully saturated rings. The number of nitro groups is 1. The first-order valence-corrected chi connectivity index (χ1v) is 6.31. The van der Waals surface area contributed by atoms with Crippen molar-refractivity contribution in [2.45, 2.75) is 0 Å². The van der Waals surface area contributed by atoms with Gasteiger partial charge in [0.25, 0.3) is 5.69 Å². The highest BCUT2D eigenvalue weighted by Crippen LogP contribution is 2.36. The van der Waals surface area contributed by atoms with Gasteiger partial charge in [-0.1, -0.05) is 0 Å². The van der Waals surface area contributed by atoms with Crippen molar-refractivity contribution >= 4 is 39.2 Å². The van der Waals surface area contributed by atoms with E-state index in [1.807, 2.05) is 0 Å². The molecule has 2 heterocycles. The van der Waals surface area contributed by atoms with Crippen LogP contribution in [0.1, 0.15) is 20.7 Å². The number of cyclic esters (lactones) is 2. The zero-order valence-corrected chi connectivity index (χ0v) is 10.9. The van der Waals surface area contributed by atoms with Crippen LogP contribution in [0.4, 0.5) is 5.69 Å². The quantitative estimate of drug-likeness (QED) is 0.225. The molecule has 4 rings (SSSR count). The smallest absolute Gasteiger partial charge is 0.346 e. The third-order valence-electron chi connectivity index (χ3n) is 3.67. The highest BCUT2D eigenvalue weighted by molar-refractivity contribution is 6.26. The van der Waals surface area contributed by atoms with Gasteiger partial charge in [-0.25, -0.2) is 9.59 Å². The summed E-state index contributed by atoms with van der Waals surface area (Å²) < 4.78 is 4.67. The van der Waals surface area contributed by atoms with Crippen LogP contribution in [0.3, 0.4) is 0 Å². The fraction of sp³-hybridized carbons (Fsp3) is 0. The normalized spacial score (nSPS) is 13.5. The van der Waals surface area contributed by atoms with E-state index < -0.39 is 16.9 Å². The molecule has 0 amide bonds. The number of carbonyl (C=O) groups is 2. The molecule has 0 saturated heterocycles. The molecule has 1 aliphatic heterocycles. The zero-order chi connectivity index (χ0) is 15.4. The molecule has 1 aliphatic rings. The van der Waals surface area contributed by atoms with Crippen molar-refractivity contribution in [2.75, 3.05) is 0 Å². The predicted octanol–water partition coefficient (Wildman–Crippen LogP) is 2.61. The second kappa shape index (κ2) is 4.08. The second-order valence-corrected chi connectivity index (χ2v) is 4.87. The molecule has 0 aliphatic carbocycles. The molecule has 7 heteroatoms. The minimum absolute atomic E-state index is 0.0255. The fourth-order valence-electron chi connectivity index (χ4n) is 2.75. The van der Waals surface area contributed by atoms with E-state index in [1.165, 1.54) is 6.07 Å². The van der Waals surface area contributed by atoms with E-state index in [1.54, 1.807) is 24.5 Å². The SMILES string of the molecule is O=C1OC(=O)c2cc3cnccc3c3cc([N+](=O)[O-])cc1c23. The summed E-state index contributed by atoms with van der Waals surface area (Å²) in [5, 5.41) is 13.3. The highest BCUT2D eigenvalue weighted by Gasteiger charge is 2.30. The number of hydrogen-bond acceptors (Lipinski definition) is 6. The number of benzene rings is 2. The highest BCUT2D eigenvalue weighted by atomic mass is 16.6. The van der Waals surface area contributed by atoms with Gasteiger partial charge in [0, 0.05) is 35.3 Å². The molecule has 0 radical (unpaired) electrons. The van der Waals surface area contributed by atoms with Crippen LogP contribution in [-0.4, -0.2) is 21.8 Å². The Morgan fingerprint density at radius 2 is 1.77 bits per heavy atom. The summed E-state index contributed by atoms with van der Waals surface area (Å²) in [4.78, 5) is 38.4. The van der Waals surface area contributed by atoms with Gasteiger partial charge in [0.2, 0.25) is 0 Å². The van der Waals surface area contributed by atoms with Crippen LogP contribution in [0, 0.1) is 10.1 Å². The average molecular weight is 294 g/mol. The summed E-state index contributed by atoms with van der Waals surface area (Å²) in [7, 11) is 0. The number of carbonyl (C=O) groups excluding carboxylic acids is 2. The molecule has 22 heavy (non-hydrogen) atoms. The molecule has 106 valence electrons. The molecule has 2 aromatic carbocycles. The van der Waals surface area contributed by atoms with E-state index in [4.69, 9.17) is 0 Å². The molecular weight excluding hydrogens is 288 g/mol. The molecule has 0 spiro atoms. The lowest BCUT2D eigenvalue weighted by atomic mass is 9.92. The Hall–Kier alpha value is -3.35. The third-order valence-corrected chi connectivity index (χ3v) is 3.67. The first kappa shape index (κ1) is 12.4. The van der Waals surface area contributed by atoms with Crippen molar-refractivity contribution in [1.82, 2.24) is 4.98 Å². The van der Waals surface area contributed by atoms with Crippen LogP contribution in [0.5, 0.6) is 0 Å². The van der Waals surface area contributed by atoms with Crippen LogP contribution < -0.4 is 0 Å². The maximum atomic E-state index is 11.9. The molecule has 0 atom stereocenters. The minimum Gasteiger partial charge on any atom is -0.386 e. The standard InChI is InChI=1S/C15H6N2O5/c18-14-11-3-7-6-16-2-1-9(7)10-4-8(17(20)21)5-12(13(10)11)15(19)22-14/h1-6H. The lowest BCUT2D eigenvalue weighted by molar-refractivity contribution is -0.384. The molecule has 0 unspecified atom stereocenters. The van der Waals surface area contributed by atoms with E-state index in [9.17, 15) is 19.7 Å². The number of pyridine rings is 1. The van der Waals surface area contributed by atoms with Gasteiger partial charge in [-0.05, 0) is 22.9 Å². The number of nitrogens with zero attached hydrogens (tertiary/aromatic N) is 2. The average Bonchev–Trinajstić information content (AvgIpc) is 2.51. The molecule has 0 saturated carbocycles. The van der Waals surface area contributed by atoms with Gasteiger partial charge in [0.15, 0.2) is 0 Å². The molecule has 7 nitrogen and oxygen atoms in total. The summed E-state index contributed by atoms with van der Waals surface area (Å²) in [5.74, 6) is -1.64. The van der Waals surface area contributed by atoms with Crippen molar-refractivity contribution < 1.29 is 19.2 Å². The summed E-state index contributed by atoms with van der Waals surface area (Å²) in [6.45, 7) is 0. The molecule has 3 aromatic rings. The van der Waals surface area contributed by atoms with Crippen LogP contribution in [0.2, 0.25) is 0 Å². The number of fused-ring (bicyclic) bond motifs is 2. The van der Waals surface area contributed by atoms with E-state index in [-0.39, 0.29) is 16.8 Å². The third kappa shape index (κ3) is 1.53. The Morgan fingerprint density at radius 3 is 2.50 bits per heavy atom. The number of nitro benzene ring substituents is 1. The van der Waals surface area contributed by atoms with E-state index in [0.717, 1.165) is 6.07 Å². The number of ether oxygens (including phenoxy) is 1. The maximum absolute atomic E-state index is 11.9. The van der Waals surface area contributed by atoms with Gasteiger partial charge in [-0.15, -0.1) is 0 Å². The Kier molecular flexibility index (Phi) is 2.30. The first-order chi connectivity index (χ1) is 10.6. The lowest BCUT2D eigenvalue weighted by Crippen LogP contribution is -2.20. The van der Waals surface area contributed by atoms with Crippen molar-refractivity contribution in [1.29, 1.82) is 0 Å². The Morgan fingerprint density at radius 1 is 1.05 bits per heavy atom. The largest absolute Gasteiger partial charge is 0.386 e. The van der Waals surface area contributed by atoms with Gasteiger partial charge in [0.1, 0.15) is 0 Å². The van der Waals surface area contributed by atoms with Crippen LogP contribution in [0.25, 0.3) is 21.5 Å². The Bertz CT molecular complexity index is 1030. The number of hydrogen-bond donors (Lipinski definition) is 0. The summed E-state index contributed by atoms with van der Waals surface area (Å²) >= 11 is 0. The summed E-state index contributed by atoms with van der Waals surface area (Å²) in [5.41, 5.74) is 0.00146. The van der Waals surface area contributed by atoms with Crippen molar-refractivity contribution in [2.24, 2.45) is 0 Å². The number of rotatable bonds is 1. The first-order valence-electron chi connectivity index (χ1n) is 6.31. The van der Waals surface area contributed by atoms with Crippen LogP contribution in [-0.2, 0) is 4.74 Å². The predicted molar refractivity (Wildman–Crippen MR) is 75.6 cm³/mol. The number of aromatic nitrogens is 1. The molecule has 0 N–H and O–H groups in total. The molecule has 0 bridgehead atoms. The fourth-order valence-corrected chi connectivity index (χ4v) is 2.75. The number of non-ortho nitro benzene ring substituents is 1. The minimum atomic E-state index is -0.875. The van der Waals surface area contributed by atoms with Gasteiger partial charge in [-0.3, -0.25) is 15.1 Å². The van der Waals surface area contributed by atoms with Gasteiger partial charge < -0.3 is 4.74 Å². The van der Waals surface area contributed by atoms with Gasteiger partial charge >= 0.3 is 11.9 Å². The van der Waals surface area contributed by atoms with E-state index >= 15 is 0 Å². The van der Waals surface area contributed by atoms with Crippen molar-refractivity contribution in [3.63, 3.8) is 0 Å². The Labute approximate surface area is 122 Å². The summed E-state index contributed by atoms with van der Waals surface area (Å²) in [6, 6.07) is 5.76. The Balaban J connectivity index is 2.31. The summed E-state index contributed by atoms with van der Waals surface area (Å²) in [6.07, 6.45) is 3.10. The second-order valence-electron chi connectivity index (χ2n) is 4.87. The van der Waals surface area contributed by atoms with Gasteiger partial charge in [0.05, 0.1) is 16.1 Å². The van der Waals surface area contributed by atoms with Crippen molar-refractivity contribution in [3.8, 4) is 0 Å². The zero-order valence-electron chi connectivity index (χ0n) is 10.9. The molecule has 1 aromatic heterocycles. The maximum Gasteiger partial charge on any atom is 0.346 e. The van der Waals surface area contributed by atoms with E-state index in [0.29, 0.717) is 21.5 Å².